The molecule has 0 spiro atoms. The maximum absolute atomic E-state index is 12.3. The van der Waals surface area contributed by atoms with Gasteiger partial charge in [0, 0.05) is 6.07 Å². The van der Waals surface area contributed by atoms with Crippen LogP contribution in [0.25, 0.3) is 10.8 Å². The minimum atomic E-state index is -0.604. The predicted octanol–water partition coefficient (Wildman–Crippen LogP) is 2.83. The van der Waals surface area contributed by atoms with Gasteiger partial charge in [0.25, 0.3) is 0 Å². The van der Waals surface area contributed by atoms with E-state index < -0.39 is 4.92 Å². The van der Waals surface area contributed by atoms with E-state index in [4.69, 9.17) is 0 Å². The Morgan fingerprint density at radius 3 is 2.75 bits per heavy atom. The monoisotopic (exact) mass is 376 g/mol. The van der Waals surface area contributed by atoms with Crippen LogP contribution < -0.4 is 5.32 Å². The molecule has 0 aliphatic rings. The Balaban J connectivity index is 1.49. The Bertz CT molecular complexity index is 1160. The minimum absolute atomic E-state index is 0.132. The molecule has 1 N–H and O–H groups in total. The number of hydrogen-bond acceptors (Lipinski definition) is 5. The van der Waals surface area contributed by atoms with Gasteiger partial charge in [0.15, 0.2) is 0 Å². The summed E-state index contributed by atoms with van der Waals surface area (Å²) < 4.78 is 2.92. The average molecular weight is 376 g/mol. The molecule has 0 atom stereocenters. The van der Waals surface area contributed by atoms with Crippen LogP contribution in [0.1, 0.15) is 5.56 Å². The van der Waals surface area contributed by atoms with Gasteiger partial charge in [-0.25, -0.2) is 4.68 Å². The molecule has 140 valence electrons. The van der Waals surface area contributed by atoms with Gasteiger partial charge in [-0.1, -0.05) is 42.5 Å². The molecule has 4 rings (SSSR count). The van der Waals surface area contributed by atoms with E-state index in [1.807, 2.05) is 36.4 Å². The van der Waals surface area contributed by atoms with Crippen LogP contribution in [-0.2, 0) is 17.9 Å². The molecular formula is C19H16N6O3. The molecule has 28 heavy (non-hydrogen) atoms. The number of rotatable bonds is 6. The summed E-state index contributed by atoms with van der Waals surface area (Å²) in [5, 5.41) is 23.8. The SMILES string of the molecule is O=C(Cn1ccc([N+](=O)[O-])n1)Nc1ccnn1Cc1cccc2ccccc12. The van der Waals surface area contributed by atoms with E-state index >= 15 is 0 Å². The highest BCUT2D eigenvalue weighted by Crippen LogP contribution is 2.20. The number of benzene rings is 2. The van der Waals surface area contributed by atoms with E-state index in [1.165, 1.54) is 16.9 Å². The summed E-state index contributed by atoms with van der Waals surface area (Å²) in [5.74, 6) is -0.106. The largest absolute Gasteiger partial charge is 0.389 e. The van der Waals surface area contributed by atoms with Gasteiger partial charge in [0.1, 0.15) is 12.4 Å². The van der Waals surface area contributed by atoms with E-state index in [2.05, 4.69) is 21.6 Å². The molecule has 4 aromatic rings. The van der Waals surface area contributed by atoms with Crippen molar-refractivity contribution in [2.75, 3.05) is 5.32 Å². The minimum Gasteiger partial charge on any atom is -0.358 e. The quantitative estimate of drug-likeness (QED) is 0.411. The smallest absolute Gasteiger partial charge is 0.358 e. The number of nitrogens with one attached hydrogen (secondary N) is 1. The maximum atomic E-state index is 12.3. The first kappa shape index (κ1) is 17.4. The Labute approximate surface area is 159 Å². The molecule has 1 amide bonds. The second kappa shape index (κ2) is 7.31. The zero-order chi connectivity index (χ0) is 19.5. The molecule has 9 heteroatoms. The van der Waals surface area contributed by atoms with E-state index in [-0.39, 0.29) is 18.3 Å². The van der Waals surface area contributed by atoms with Gasteiger partial charge in [-0.15, -0.1) is 0 Å². The maximum Gasteiger partial charge on any atom is 0.389 e. The van der Waals surface area contributed by atoms with Crippen molar-refractivity contribution in [1.29, 1.82) is 0 Å². The van der Waals surface area contributed by atoms with Crippen molar-refractivity contribution in [3.8, 4) is 0 Å². The van der Waals surface area contributed by atoms with Crippen LogP contribution in [0.4, 0.5) is 11.6 Å². The molecule has 2 aromatic carbocycles. The molecule has 0 saturated heterocycles. The van der Waals surface area contributed by atoms with Crippen molar-refractivity contribution in [1.82, 2.24) is 19.6 Å². The van der Waals surface area contributed by atoms with E-state index in [0.717, 1.165) is 16.3 Å². The molecular weight excluding hydrogens is 360 g/mol. The highest BCUT2D eigenvalue weighted by molar-refractivity contribution is 5.89. The van der Waals surface area contributed by atoms with Crippen LogP contribution in [0.3, 0.4) is 0 Å². The molecule has 0 aliphatic carbocycles. The van der Waals surface area contributed by atoms with Crippen LogP contribution in [0.15, 0.2) is 67.0 Å². The molecule has 0 aliphatic heterocycles. The molecule has 2 aromatic heterocycles. The number of hydrogen-bond donors (Lipinski definition) is 1. The number of carbonyl (C=O) groups is 1. The molecule has 9 nitrogen and oxygen atoms in total. The molecule has 2 heterocycles. The van der Waals surface area contributed by atoms with Crippen LogP contribution in [0.2, 0.25) is 0 Å². The summed E-state index contributed by atoms with van der Waals surface area (Å²) in [4.78, 5) is 22.4. The molecule has 0 bridgehead atoms. The van der Waals surface area contributed by atoms with Crippen molar-refractivity contribution < 1.29 is 9.72 Å². The van der Waals surface area contributed by atoms with E-state index in [9.17, 15) is 14.9 Å². The second-order valence-electron chi connectivity index (χ2n) is 6.19. The summed E-state index contributed by atoms with van der Waals surface area (Å²) in [6, 6.07) is 17.1. The number of carbonyl (C=O) groups excluding carboxylic acids is 1. The van der Waals surface area contributed by atoms with Crippen LogP contribution in [0.5, 0.6) is 0 Å². The lowest BCUT2D eigenvalue weighted by molar-refractivity contribution is -0.389. The van der Waals surface area contributed by atoms with Gasteiger partial charge in [0.05, 0.1) is 30.1 Å². The van der Waals surface area contributed by atoms with Gasteiger partial charge in [0.2, 0.25) is 5.91 Å². The standard InChI is InChI=1S/C19H16N6O3/c26-19(13-23-11-9-18(22-23)25(27)28)21-17-8-10-20-24(17)12-15-6-3-5-14-4-1-2-7-16(14)15/h1-11H,12-13H2,(H,21,26). The molecule has 0 unspecified atom stereocenters. The summed E-state index contributed by atoms with van der Waals surface area (Å²) in [6.45, 7) is 0.366. The van der Waals surface area contributed by atoms with Crippen LogP contribution in [0, 0.1) is 10.1 Å². The average Bonchev–Trinajstić information content (AvgIpc) is 3.32. The van der Waals surface area contributed by atoms with Gasteiger partial charge in [-0.3, -0.25) is 4.79 Å². The van der Waals surface area contributed by atoms with Gasteiger partial charge in [-0.2, -0.15) is 9.78 Å². The van der Waals surface area contributed by atoms with Crippen molar-refractivity contribution in [2.24, 2.45) is 0 Å². The third-order valence-electron chi connectivity index (χ3n) is 4.30. The molecule has 0 radical (unpaired) electrons. The Morgan fingerprint density at radius 1 is 1.11 bits per heavy atom. The molecule has 0 saturated carbocycles. The summed E-state index contributed by atoms with van der Waals surface area (Å²) in [7, 11) is 0. The lowest BCUT2D eigenvalue weighted by Crippen LogP contribution is -2.21. The molecule has 0 fully saturated rings. The fourth-order valence-electron chi connectivity index (χ4n) is 3.02. The number of amides is 1. The van der Waals surface area contributed by atoms with Crippen molar-refractivity contribution in [3.05, 3.63) is 82.7 Å². The van der Waals surface area contributed by atoms with Gasteiger partial charge >= 0.3 is 5.82 Å². The fourth-order valence-corrected chi connectivity index (χ4v) is 3.02. The zero-order valence-electron chi connectivity index (χ0n) is 14.7. The van der Waals surface area contributed by atoms with E-state index in [1.54, 1.807) is 16.9 Å². The summed E-state index contributed by atoms with van der Waals surface area (Å²) >= 11 is 0. The normalized spacial score (nSPS) is 10.9. The second-order valence-corrected chi connectivity index (χ2v) is 6.19. The van der Waals surface area contributed by atoms with Crippen LogP contribution in [-0.4, -0.2) is 30.4 Å². The first-order valence-corrected chi connectivity index (χ1v) is 8.56. The number of aromatic nitrogens is 4. The number of nitro groups is 1. The highest BCUT2D eigenvalue weighted by atomic mass is 16.6. The highest BCUT2D eigenvalue weighted by Gasteiger charge is 2.15. The Morgan fingerprint density at radius 2 is 1.93 bits per heavy atom. The number of anilines is 1. The van der Waals surface area contributed by atoms with Gasteiger partial charge < -0.3 is 15.4 Å². The van der Waals surface area contributed by atoms with E-state index in [0.29, 0.717) is 12.4 Å². The van der Waals surface area contributed by atoms with Gasteiger partial charge in [-0.05, 0) is 21.3 Å². The van der Waals surface area contributed by atoms with Crippen molar-refractivity contribution in [3.63, 3.8) is 0 Å². The first-order valence-electron chi connectivity index (χ1n) is 8.56. The summed E-state index contributed by atoms with van der Waals surface area (Å²) in [5.41, 5.74) is 1.08. The van der Waals surface area contributed by atoms with Crippen molar-refractivity contribution >= 4 is 28.3 Å². The zero-order valence-corrected chi connectivity index (χ0v) is 14.7. The summed E-state index contributed by atoms with van der Waals surface area (Å²) in [6.07, 6.45) is 3.00. The topological polar surface area (TPSA) is 108 Å². The number of fused-ring (bicyclic) bond motifs is 1. The van der Waals surface area contributed by atoms with Crippen LogP contribution >= 0.6 is 0 Å². The Kier molecular flexibility index (Phi) is 4.55. The Hall–Kier alpha value is -4.01. The fraction of sp³-hybridized carbons (Fsp3) is 0.105. The number of nitrogens with zero attached hydrogens (tertiary/aromatic N) is 5. The third-order valence-corrected chi connectivity index (χ3v) is 4.30. The first-order chi connectivity index (χ1) is 13.6. The van der Waals surface area contributed by atoms with Crippen molar-refractivity contribution in [2.45, 2.75) is 13.1 Å². The lowest BCUT2D eigenvalue weighted by atomic mass is 10.0. The third kappa shape index (κ3) is 3.58. The predicted molar refractivity (Wildman–Crippen MR) is 103 cm³/mol. The lowest BCUT2D eigenvalue weighted by Gasteiger charge is -2.11.